The van der Waals surface area contributed by atoms with Gasteiger partial charge in [-0.25, -0.2) is 0 Å². The normalized spacial score (nSPS) is 18.4. The maximum atomic E-state index is 13.6. The number of unbranched alkanes of at least 4 members (excludes halogenated alkanes) is 4. The van der Waals surface area contributed by atoms with Gasteiger partial charge in [0.1, 0.15) is 18.5 Å². The summed E-state index contributed by atoms with van der Waals surface area (Å²) in [5.41, 5.74) is 0.756. The Balaban J connectivity index is 2.41. The predicted molar refractivity (Wildman–Crippen MR) is 169 cm³/mol. The summed E-state index contributed by atoms with van der Waals surface area (Å²) < 4.78 is 18.0. The molecule has 1 aliphatic rings. The van der Waals surface area contributed by atoms with E-state index in [0.29, 0.717) is 58.5 Å². The van der Waals surface area contributed by atoms with E-state index in [0.717, 1.165) is 32.1 Å². The maximum Gasteiger partial charge on any atom is 0.247 e. The number of carbonyl (C=O) groups excluding carboxylic acids is 3. The molecule has 0 bridgehead atoms. The lowest BCUT2D eigenvalue weighted by Gasteiger charge is -2.41. The standard InChI is InChI=1S/C31H47IN2O8/c1-5-6-7-8-9-11-28(37)34(13-10-15-41-21(2)3)25-18-23(31(39)33-12-14-35)19-26(29(25)38)42-30-24(32)16-22(20-36)17-27(30)40-4/h16-17,19-21,25-26,29,35,38H,5-15,18H2,1-4H3,(H,33,39)/t25-,26+,29+/m1/s1. The lowest BCUT2D eigenvalue weighted by molar-refractivity contribution is -0.139. The smallest absolute Gasteiger partial charge is 0.247 e. The average molecular weight is 703 g/mol. The Kier molecular flexibility index (Phi) is 16.4. The summed E-state index contributed by atoms with van der Waals surface area (Å²) in [6.07, 6.45) is 6.22. The highest BCUT2D eigenvalue weighted by molar-refractivity contribution is 14.1. The van der Waals surface area contributed by atoms with Crippen LogP contribution in [0.15, 0.2) is 23.8 Å². The van der Waals surface area contributed by atoms with Crippen LogP contribution in [0.1, 0.15) is 82.5 Å². The average Bonchev–Trinajstić information content (AvgIpc) is 2.97. The molecule has 3 atom stereocenters. The van der Waals surface area contributed by atoms with Gasteiger partial charge in [-0.3, -0.25) is 14.4 Å². The number of benzene rings is 1. The number of aliphatic hydroxyl groups is 2. The number of aliphatic hydroxyl groups excluding tert-OH is 2. The molecule has 0 spiro atoms. The molecule has 2 amide bonds. The monoisotopic (exact) mass is 702 g/mol. The van der Waals surface area contributed by atoms with Crippen LogP contribution < -0.4 is 14.8 Å². The lowest BCUT2D eigenvalue weighted by Crippen LogP contribution is -2.55. The first-order valence-corrected chi connectivity index (χ1v) is 15.9. The van der Waals surface area contributed by atoms with Crippen molar-refractivity contribution in [1.29, 1.82) is 0 Å². The molecule has 0 aliphatic heterocycles. The Morgan fingerprint density at radius 3 is 2.57 bits per heavy atom. The van der Waals surface area contributed by atoms with Crippen LogP contribution in [-0.2, 0) is 14.3 Å². The number of ether oxygens (including phenoxy) is 3. The highest BCUT2D eigenvalue weighted by Crippen LogP contribution is 2.37. The van der Waals surface area contributed by atoms with E-state index in [-0.39, 0.29) is 31.6 Å². The third-order valence-corrected chi connectivity index (χ3v) is 7.87. The summed E-state index contributed by atoms with van der Waals surface area (Å²) in [7, 11) is 1.46. The molecule has 0 aromatic heterocycles. The first kappa shape index (κ1) is 36.0. The van der Waals surface area contributed by atoms with Crippen LogP contribution in [0.5, 0.6) is 11.5 Å². The summed E-state index contributed by atoms with van der Waals surface area (Å²) in [6.45, 7) is 6.71. The molecule has 0 radical (unpaired) electrons. The van der Waals surface area contributed by atoms with Crippen LogP contribution in [0.4, 0.5) is 0 Å². The summed E-state index contributed by atoms with van der Waals surface area (Å²) in [5, 5.41) is 23.6. The topological polar surface area (TPSA) is 135 Å². The first-order valence-electron chi connectivity index (χ1n) is 14.8. The fourth-order valence-corrected chi connectivity index (χ4v) is 5.64. The highest BCUT2D eigenvalue weighted by Gasteiger charge is 2.40. The Morgan fingerprint density at radius 2 is 1.93 bits per heavy atom. The molecule has 10 nitrogen and oxygen atoms in total. The van der Waals surface area contributed by atoms with Crippen LogP contribution in [0.2, 0.25) is 0 Å². The van der Waals surface area contributed by atoms with Crippen molar-refractivity contribution in [2.75, 3.05) is 33.4 Å². The number of amides is 2. The van der Waals surface area contributed by atoms with Gasteiger partial charge < -0.3 is 34.6 Å². The number of hydrogen-bond acceptors (Lipinski definition) is 8. The zero-order valence-corrected chi connectivity index (χ0v) is 27.4. The summed E-state index contributed by atoms with van der Waals surface area (Å²) >= 11 is 2.03. The van der Waals surface area contributed by atoms with Crippen molar-refractivity contribution >= 4 is 40.7 Å². The molecule has 0 heterocycles. The number of halogens is 1. The number of methoxy groups -OCH3 is 1. The van der Waals surface area contributed by atoms with Crippen molar-refractivity contribution in [2.24, 2.45) is 0 Å². The fraction of sp³-hybridized carbons (Fsp3) is 0.645. The van der Waals surface area contributed by atoms with Gasteiger partial charge in [-0.05, 0) is 67.5 Å². The van der Waals surface area contributed by atoms with Gasteiger partial charge in [0.15, 0.2) is 11.5 Å². The van der Waals surface area contributed by atoms with Crippen molar-refractivity contribution in [3.05, 3.63) is 32.9 Å². The second-order valence-corrected chi connectivity index (χ2v) is 11.9. The van der Waals surface area contributed by atoms with E-state index in [2.05, 4.69) is 12.2 Å². The molecule has 1 aromatic carbocycles. The van der Waals surface area contributed by atoms with Crippen LogP contribution in [0.3, 0.4) is 0 Å². The van der Waals surface area contributed by atoms with Gasteiger partial charge in [-0.15, -0.1) is 0 Å². The minimum atomic E-state index is -1.15. The molecule has 0 saturated carbocycles. The van der Waals surface area contributed by atoms with E-state index in [9.17, 15) is 24.6 Å². The number of rotatable bonds is 19. The van der Waals surface area contributed by atoms with Crippen LogP contribution in [-0.4, -0.2) is 91.0 Å². The van der Waals surface area contributed by atoms with Gasteiger partial charge in [0.05, 0.1) is 29.4 Å². The Labute approximate surface area is 263 Å². The molecule has 1 aromatic rings. The first-order chi connectivity index (χ1) is 20.2. The molecule has 236 valence electrons. The third kappa shape index (κ3) is 11.1. The molecule has 0 fully saturated rings. The molecular formula is C31H47IN2O8. The Bertz CT molecular complexity index is 1050. The van der Waals surface area contributed by atoms with E-state index in [1.54, 1.807) is 23.1 Å². The van der Waals surface area contributed by atoms with E-state index in [1.807, 2.05) is 36.4 Å². The van der Waals surface area contributed by atoms with E-state index >= 15 is 0 Å². The lowest BCUT2D eigenvalue weighted by atomic mass is 9.87. The van der Waals surface area contributed by atoms with Crippen LogP contribution in [0.25, 0.3) is 0 Å². The zero-order chi connectivity index (χ0) is 31.1. The van der Waals surface area contributed by atoms with E-state index in [4.69, 9.17) is 14.2 Å². The van der Waals surface area contributed by atoms with E-state index in [1.165, 1.54) is 7.11 Å². The number of aldehydes is 1. The summed E-state index contributed by atoms with van der Waals surface area (Å²) in [6, 6.07) is 2.45. The minimum absolute atomic E-state index is 0.0542. The second-order valence-electron chi connectivity index (χ2n) is 10.7. The number of nitrogens with one attached hydrogen (secondary N) is 1. The molecule has 0 saturated heterocycles. The van der Waals surface area contributed by atoms with Crippen molar-refractivity contribution in [3.8, 4) is 11.5 Å². The van der Waals surface area contributed by atoms with Crippen molar-refractivity contribution in [2.45, 2.75) is 96.5 Å². The Hall–Kier alpha value is -2.22. The van der Waals surface area contributed by atoms with Gasteiger partial charge >= 0.3 is 0 Å². The molecule has 2 rings (SSSR count). The Morgan fingerprint density at radius 1 is 1.19 bits per heavy atom. The van der Waals surface area contributed by atoms with Crippen molar-refractivity contribution in [3.63, 3.8) is 0 Å². The third-order valence-electron chi connectivity index (χ3n) is 7.07. The molecular weight excluding hydrogens is 655 g/mol. The summed E-state index contributed by atoms with van der Waals surface area (Å²) in [4.78, 5) is 39.7. The van der Waals surface area contributed by atoms with Gasteiger partial charge in [-0.1, -0.05) is 32.6 Å². The molecule has 42 heavy (non-hydrogen) atoms. The number of carbonyl (C=O) groups is 3. The summed E-state index contributed by atoms with van der Waals surface area (Å²) in [5.74, 6) is 0.142. The predicted octanol–water partition coefficient (Wildman–Crippen LogP) is 4.03. The SMILES string of the molecule is CCCCCCCC(=O)N(CCCOC(C)C)[C@@H]1CC(C(=O)NCCO)=C[C@H](Oc2c(I)cc(C=O)cc2OC)[C@H]1O. The largest absolute Gasteiger partial charge is 0.493 e. The fourth-order valence-electron chi connectivity index (χ4n) is 4.89. The number of hydrogen-bond donors (Lipinski definition) is 3. The zero-order valence-electron chi connectivity index (χ0n) is 25.3. The van der Waals surface area contributed by atoms with Gasteiger partial charge in [0, 0.05) is 43.7 Å². The molecule has 3 N–H and O–H groups in total. The molecule has 1 aliphatic carbocycles. The van der Waals surface area contributed by atoms with Crippen LogP contribution in [0, 0.1) is 3.57 Å². The quantitative estimate of drug-likeness (QED) is 0.112. The number of nitrogens with zero attached hydrogens (tertiary/aromatic N) is 1. The maximum absolute atomic E-state index is 13.6. The molecule has 0 unspecified atom stereocenters. The van der Waals surface area contributed by atoms with Gasteiger partial charge in [-0.2, -0.15) is 0 Å². The highest BCUT2D eigenvalue weighted by atomic mass is 127. The van der Waals surface area contributed by atoms with E-state index < -0.39 is 24.2 Å². The van der Waals surface area contributed by atoms with Crippen LogP contribution >= 0.6 is 22.6 Å². The second kappa shape index (κ2) is 19.1. The molecule has 11 heteroatoms. The van der Waals surface area contributed by atoms with Gasteiger partial charge in [0.25, 0.3) is 0 Å². The minimum Gasteiger partial charge on any atom is -0.493 e. The van der Waals surface area contributed by atoms with Crippen molar-refractivity contribution in [1.82, 2.24) is 10.2 Å². The van der Waals surface area contributed by atoms with Crippen molar-refractivity contribution < 1.29 is 38.8 Å². The van der Waals surface area contributed by atoms with Gasteiger partial charge in [0.2, 0.25) is 11.8 Å².